The molecular formula is C11H20F3NO3S. The molecule has 0 aromatic rings. The normalized spacial score (nSPS) is 27.2. The maximum Gasteiger partial charge on any atom is 0.411 e. The second-order valence-corrected chi connectivity index (χ2v) is 7.50. The van der Waals surface area contributed by atoms with Gasteiger partial charge < -0.3 is 10.5 Å². The number of ether oxygens (including phenoxy) is 1. The van der Waals surface area contributed by atoms with Crippen LogP contribution in [0.2, 0.25) is 0 Å². The molecule has 8 heteroatoms. The van der Waals surface area contributed by atoms with Crippen LogP contribution in [0.25, 0.3) is 0 Å². The Morgan fingerprint density at radius 1 is 1.37 bits per heavy atom. The van der Waals surface area contributed by atoms with Gasteiger partial charge in [0.1, 0.15) is 16.4 Å². The molecule has 0 spiro atoms. The van der Waals surface area contributed by atoms with Crippen LogP contribution < -0.4 is 5.73 Å². The summed E-state index contributed by atoms with van der Waals surface area (Å²) in [6, 6.07) is -0.549. The molecule has 19 heavy (non-hydrogen) atoms. The van der Waals surface area contributed by atoms with Crippen LogP contribution in [0.3, 0.4) is 0 Å². The molecule has 1 aliphatic carbocycles. The van der Waals surface area contributed by atoms with Crippen LogP contribution in [-0.4, -0.2) is 45.4 Å². The van der Waals surface area contributed by atoms with Gasteiger partial charge in [0, 0.05) is 12.3 Å². The first-order chi connectivity index (χ1) is 8.59. The summed E-state index contributed by atoms with van der Waals surface area (Å²) in [6.07, 6.45) is -0.688. The van der Waals surface area contributed by atoms with Gasteiger partial charge in [0.25, 0.3) is 0 Å². The Morgan fingerprint density at radius 2 is 2.00 bits per heavy atom. The van der Waals surface area contributed by atoms with E-state index in [1.807, 2.05) is 0 Å². The number of sulfone groups is 1. The Kier molecular flexibility index (Phi) is 5.64. The topological polar surface area (TPSA) is 69.4 Å². The van der Waals surface area contributed by atoms with Crippen LogP contribution in [0, 0.1) is 5.92 Å². The highest BCUT2D eigenvalue weighted by molar-refractivity contribution is 7.91. The molecule has 0 bridgehead atoms. The third-order valence-electron chi connectivity index (χ3n) is 3.45. The fourth-order valence-corrected chi connectivity index (χ4v) is 3.60. The lowest BCUT2D eigenvalue weighted by molar-refractivity contribution is -0.175. The molecule has 1 saturated carbocycles. The highest BCUT2D eigenvalue weighted by Gasteiger charge is 2.33. The molecule has 114 valence electrons. The van der Waals surface area contributed by atoms with Gasteiger partial charge in [-0.1, -0.05) is 6.42 Å². The van der Waals surface area contributed by atoms with Gasteiger partial charge in [-0.15, -0.1) is 0 Å². The van der Waals surface area contributed by atoms with Crippen molar-refractivity contribution in [3.8, 4) is 0 Å². The summed E-state index contributed by atoms with van der Waals surface area (Å²) in [6.45, 7) is -1.51. The first-order valence-electron chi connectivity index (χ1n) is 6.18. The summed E-state index contributed by atoms with van der Waals surface area (Å²) in [4.78, 5) is 0. The van der Waals surface area contributed by atoms with E-state index in [0.29, 0.717) is 12.8 Å². The zero-order valence-electron chi connectivity index (χ0n) is 10.8. The van der Waals surface area contributed by atoms with Crippen LogP contribution >= 0.6 is 0 Å². The Balaban J connectivity index is 2.42. The van der Waals surface area contributed by atoms with E-state index in [-0.39, 0.29) is 12.5 Å². The summed E-state index contributed by atoms with van der Waals surface area (Å²) in [7, 11) is -3.11. The Bertz CT molecular complexity index is 383. The summed E-state index contributed by atoms with van der Waals surface area (Å²) in [5.41, 5.74) is 5.80. The summed E-state index contributed by atoms with van der Waals surface area (Å²) >= 11 is 0. The first kappa shape index (κ1) is 16.7. The van der Waals surface area contributed by atoms with E-state index in [4.69, 9.17) is 5.73 Å². The molecule has 1 aliphatic rings. The molecule has 0 aromatic carbocycles. The van der Waals surface area contributed by atoms with E-state index >= 15 is 0 Å². The second kappa shape index (κ2) is 6.41. The fraction of sp³-hybridized carbons (Fsp3) is 1.00. The molecule has 1 rings (SSSR count). The zero-order chi connectivity index (χ0) is 14.7. The van der Waals surface area contributed by atoms with Gasteiger partial charge in [0.2, 0.25) is 0 Å². The third kappa shape index (κ3) is 6.09. The standard InChI is InChI=1S/C11H20F3NO3S/c1-19(16,17)9-4-2-3-8(5-9)10(15)6-18-7-11(12,13)14/h8-10H,2-7,15H2,1H3. The molecule has 3 unspecified atom stereocenters. The minimum absolute atomic E-state index is 0.0956. The maximum absolute atomic E-state index is 11.9. The SMILES string of the molecule is CS(=O)(=O)C1CCCC(C(N)COCC(F)(F)F)C1. The van der Waals surface area contributed by atoms with E-state index in [1.165, 1.54) is 6.26 Å². The van der Waals surface area contributed by atoms with Crippen molar-refractivity contribution in [1.82, 2.24) is 0 Å². The molecule has 0 aromatic heterocycles. The van der Waals surface area contributed by atoms with Gasteiger partial charge in [-0.05, 0) is 25.2 Å². The van der Waals surface area contributed by atoms with Crippen molar-refractivity contribution in [2.75, 3.05) is 19.5 Å². The van der Waals surface area contributed by atoms with Crippen molar-refractivity contribution >= 4 is 9.84 Å². The van der Waals surface area contributed by atoms with Crippen LogP contribution in [0.15, 0.2) is 0 Å². The van der Waals surface area contributed by atoms with Gasteiger partial charge in [0.15, 0.2) is 0 Å². The predicted molar refractivity (Wildman–Crippen MR) is 65.4 cm³/mol. The van der Waals surface area contributed by atoms with Crippen molar-refractivity contribution in [3.63, 3.8) is 0 Å². The Hall–Kier alpha value is -0.340. The van der Waals surface area contributed by atoms with E-state index in [2.05, 4.69) is 4.74 Å². The fourth-order valence-electron chi connectivity index (χ4n) is 2.41. The van der Waals surface area contributed by atoms with Crippen molar-refractivity contribution in [2.45, 2.75) is 43.2 Å². The van der Waals surface area contributed by atoms with E-state index in [9.17, 15) is 21.6 Å². The lowest BCUT2D eigenvalue weighted by Crippen LogP contribution is -2.41. The van der Waals surface area contributed by atoms with Gasteiger partial charge in [-0.3, -0.25) is 0 Å². The number of hydrogen-bond acceptors (Lipinski definition) is 4. The molecule has 0 saturated heterocycles. The molecular weight excluding hydrogens is 283 g/mol. The van der Waals surface area contributed by atoms with Gasteiger partial charge in [-0.2, -0.15) is 13.2 Å². The lowest BCUT2D eigenvalue weighted by atomic mass is 9.84. The number of hydrogen-bond donors (Lipinski definition) is 1. The minimum atomic E-state index is -4.36. The average molecular weight is 303 g/mol. The van der Waals surface area contributed by atoms with Gasteiger partial charge >= 0.3 is 6.18 Å². The maximum atomic E-state index is 11.9. The lowest BCUT2D eigenvalue weighted by Gasteiger charge is -2.31. The van der Waals surface area contributed by atoms with Crippen LogP contribution in [0.4, 0.5) is 13.2 Å². The van der Waals surface area contributed by atoms with Crippen molar-refractivity contribution < 1.29 is 26.3 Å². The quantitative estimate of drug-likeness (QED) is 0.835. The largest absolute Gasteiger partial charge is 0.411 e. The average Bonchev–Trinajstić information content (AvgIpc) is 2.26. The van der Waals surface area contributed by atoms with E-state index < -0.39 is 33.9 Å². The number of halogens is 3. The zero-order valence-corrected chi connectivity index (χ0v) is 11.6. The highest BCUT2D eigenvalue weighted by atomic mass is 32.2. The summed E-state index contributed by atoms with van der Waals surface area (Å²) < 4.78 is 63.3. The van der Waals surface area contributed by atoms with E-state index in [1.54, 1.807) is 0 Å². The minimum Gasteiger partial charge on any atom is -0.370 e. The molecule has 1 fully saturated rings. The molecule has 4 nitrogen and oxygen atoms in total. The van der Waals surface area contributed by atoms with Crippen molar-refractivity contribution in [1.29, 1.82) is 0 Å². The van der Waals surface area contributed by atoms with Gasteiger partial charge in [-0.25, -0.2) is 8.42 Å². The van der Waals surface area contributed by atoms with E-state index in [0.717, 1.165) is 12.8 Å². The molecule has 0 heterocycles. The number of rotatable bonds is 5. The third-order valence-corrected chi connectivity index (χ3v) is 5.09. The van der Waals surface area contributed by atoms with Crippen LogP contribution in [-0.2, 0) is 14.6 Å². The molecule has 0 radical (unpaired) electrons. The van der Waals surface area contributed by atoms with Crippen molar-refractivity contribution in [3.05, 3.63) is 0 Å². The monoisotopic (exact) mass is 303 g/mol. The molecule has 0 amide bonds. The first-order valence-corrected chi connectivity index (χ1v) is 8.14. The van der Waals surface area contributed by atoms with Gasteiger partial charge in [0.05, 0.1) is 11.9 Å². The number of nitrogens with two attached hydrogens (primary N) is 1. The van der Waals surface area contributed by atoms with Crippen LogP contribution in [0.5, 0.6) is 0 Å². The highest BCUT2D eigenvalue weighted by Crippen LogP contribution is 2.30. The Labute approximate surface area is 111 Å². The Morgan fingerprint density at radius 3 is 2.53 bits per heavy atom. The van der Waals surface area contributed by atoms with Crippen molar-refractivity contribution in [2.24, 2.45) is 11.7 Å². The second-order valence-electron chi connectivity index (χ2n) is 5.17. The molecule has 2 N–H and O–H groups in total. The summed E-state index contributed by atoms with van der Waals surface area (Å²) in [5, 5.41) is -0.431. The van der Waals surface area contributed by atoms with Crippen LogP contribution in [0.1, 0.15) is 25.7 Å². The number of alkyl halides is 3. The molecule has 3 atom stereocenters. The smallest absolute Gasteiger partial charge is 0.370 e. The summed E-state index contributed by atoms with van der Waals surface area (Å²) in [5.74, 6) is -0.0956. The predicted octanol–water partition coefficient (Wildman–Crippen LogP) is 1.50. The molecule has 0 aliphatic heterocycles.